The molecule has 20 aromatic rings. The molecule has 0 spiro atoms. The number of fused-ring (bicyclic) bond motifs is 6. The van der Waals surface area contributed by atoms with Gasteiger partial charge in [-0.2, -0.15) is 0 Å². The predicted octanol–water partition coefficient (Wildman–Crippen LogP) is 29.3. The summed E-state index contributed by atoms with van der Waals surface area (Å²) in [6.07, 6.45) is 0. The van der Waals surface area contributed by atoms with Gasteiger partial charge >= 0.3 is 0 Å². The highest BCUT2D eigenvalue weighted by Crippen LogP contribution is 2.57. The molecule has 5 heteroatoms. The summed E-state index contributed by atoms with van der Waals surface area (Å²) in [4.78, 5) is 5.45. The SMILES string of the molecule is CC(C)(C)c1ccc(-c2cc3c4c(c2)N(c2c(-c5ccccc5)cc(-c5ccccc5)cc2-c2ccccc2)c2cc(-n5c(-c6ccccc6)c6ccccc6c5-c5ccccc5)ccc2B4c2ccc(-n4c(-c5ccccc5)c5ccccc5c4-c4ccccc4)cc2N3c2c(-c3ccccc3)cc(-c3ccccc3)cc2-c2ccccc2)cc1. The lowest BCUT2D eigenvalue weighted by Crippen LogP contribution is -2.61. The van der Waals surface area contributed by atoms with E-state index in [0.717, 1.165) is 168 Å². The monoisotopic (exact) mass is 1540 g/mol. The van der Waals surface area contributed by atoms with Crippen molar-refractivity contribution < 1.29 is 0 Å². The molecule has 18 aromatic carbocycles. The van der Waals surface area contributed by atoms with Gasteiger partial charge in [0.2, 0.25) is 0 Å². The molecule has 0 saturated heterocycles. The van der Waals surface area contributed by atoms with Crippen LogP contribution in [-0.2, 0) is 5.41 Å². The number of nitrogens with zero attached hydrogens (tertiary/aromatic N) is 4. The maximum atomic E-state index is 2.73. The van der Waals surface area contributed by atoms with E-state index in [0.29, 0.717) is 0 Å². The van der Waals surface area contributed by atoms with Crippen LogP contribution in [-0.4, -0.2) is 15.8 Å². The zero-order valence-electron chi connectivity index (χ0n) is 67.6. The molecule has 0 saturated carbocycles. The van der Waals surface area contributed by atoms with Gasteiger partial charge in [-0.3, -0.25) is 0 Å². The molecule has 0 atom stereocenters. The van der Waals surface area contributed by atoms with Crippen LogP contribution in [0.15, 0.2) is 449 Å². The summed E-state index contributed by atoms with van der Waals surface area (Å²) in [5.41, 5.74) is 37.7. The van der Waals surface area contributed by atoms with Gasteiger partial charge in [0.15, 0.2) is 0 Å². The molecule has 0 bridgehead atoms. The van der Waals surface area contributed by atoms with Crippen LogP contribution < -0.4 is 26.2 Å². The third kappa shape index (κ3) is 12.5. The van der Waals surface area contributed by atoms with Crippen molar-refractivity contribution in [3.63, 3.8) is 0 Å². The number of aromatic nitrogens is 2. The molecule has 570 valence electrons. The fourth-order valence-corrected chi connectivity index (χ4v) is 19.3. The molecule has 121 heavy (non-hydrogen) atoms. The van der Waals surface area contributed by atoms with E-state index in [4.69, 9.17) is 0 Å². The molecule has 0 aliphatic carbocycles. The third-order valence-corrected chi connectivity index (χ3v) is 24.8. The van der Waals surface area contributed by atoms with Crippen molar-refractivity contribution in [2.45, 2.75) is 26.2 Å². The van der Waals surface area contributed by atoms with Gasteiger partial charge in [0, 0.05) is 77.9 Å². The summed E-state index contributed by atoms with van der Waals surface area (Å²) in [5, 5.41) is 4.70. The van der Waals surface area contributed by atoms with E-state index >= 15 is 0 Å². The molecule has 2 aromatic heterocycles. The van der Waals surface area contributed by atoms with Crippen molar-refractivity contribution in [2.24, 2.45) is 0 Å². The van der Waals surface area contributed by atoms with Gasteiger partial charge in [-0.25, -0.2) is 0 Å². The van der Waals surface area contributed by atoms with Crippen LogP contribution in [0, 0.1) is 0 Å². The average molecular weight is 1540 g/mol. The molecule has 4 nitrogen and oxygen atoms in total. The molecule has 0 radical (unpaired) electrons. The molecule has 0 unspecified atom stereocenters. The second-order valence-electron chi connectivity index (χ2n) is 33.0. The Labute approximate surface area is 707 Å². The second-order valence-corrected chi connectivity index (χ2v) is 33.0. The average Bonchev–Trinajstić information content (AvgIpc) is 1.60. The minimum Gasteiger partial charge on any atom is -0.310 e. The molecular weight excluding hydrogens is 1460 g/mol. The summed E-state index contributed by atoms with van der Waals surface area (Å²) < 4.78 is 5.15. The van der Waals surface area contributed by atoms with Crippen molar-refractivity contribution in [1.82, 2.24) is 9.13 Å². The Morgan fingerprint density at radius 1 is 0.198 bits per heavy atom. The van der Waals surface area contributed by atoms with Crippen molar-refractivity contribution in [2.75, 3.05) is 9.80 Å². The molecule has 0 N–H and O–H groups in total. The number of benzene rings is 18. The van der Waals surface area contributed by atoms with E-state index in [1.54, 1.807) is 0 Å². The van der Waals surface area contributed by atoms with Crippen molar-refractivity contribution in [3.8, 4) is 134 Å². The molecule has 2 aliphatic rings. The van der Waals surface area contributed by atoms with Crippen LogP contribution in [0.25, 0.3) is 156 Å². The van der Waals surface area contributed by atoms with Gasteiger partial charge in [-0.1, -0.05) is 409 Å². The lowest BCUT2D eigenvalue weighted by Gasteiger charge is -2.46. The highest BCUT2D eigenvalue weighted by molar-refractivity contribution is 7.00. The van der Waals surface area contributed by atoms with E-state index < -0.39 is 0 Å². The Kier molecular flexibility index (Phi) is 17.9. The van der Waals surface area contributed by atoms with Gasteiger partial charge in [-0.15, -0.1) is 0 Å². The number of rotatable bonds is 15. The minimum atomic E-state index is -0.368. The quantitative estimate of drug-likeness (QED) is 0.0951. The zero-order chi connectivity index (χ0) is 80.7. The van der Waals surface area contributed by atoms with Crippen molar-refractivity contribution >= 4 is 78.8 Å². The maximum absolute atomic E-state index is 2.73. The Morgan fingerprint density at radius 3 is 0.711 bits per heavy atom. The van der Waals surface area contributed by atoms with Gasteiger partial charge in [0.05, 0.1) is 34.2 Å². The van der Waals surface area contributed by atoms with Crippen molar-refractivity contribution in [3.05, 3.63) is 454 Å². The standard InChI is InChI=1S/C116H83BN4/c1-116(2,3)92-64-62-80(63-65-92)91-74-107-109-108(75-91)121(115-101(83-46-22-8-23-47-83)72-90(79-40-16-5-17-41-79)73-102(115)84-48-24-9-25-49-84)106-77-94(119-112(87-54-30-12-31-55-87)97-60-36-37-61-98(97)113(119)88-56-32-13-33-57-88)67-69-104(106)117(109)103-68-66-93(118-110(85-50-26-10-27-51-85)95-58-34-35-59-96(95)111(118)86-52-28-11-29-53-86)76-105(103)120(107)114-99(81-42-18-6-19-43-81)70-89(78-38-14-4-15-39-78)71-100(114)82-44-20-7-21-45-82/h4-77H,1-3H3. The highest BCUT2D eigenvalue weighted by atomic mass is 15.2. The van der Waals surface area contributed by atoms with E-state index in [1.165, 1.54) is 43.5 Å². The van der Waals surface area contributed by atoms with E-state index in [-0.39, 0.29) is 12.1 Å². The van der Waals surface area contributed by atoms with Crippen LogP contribution in [0.5, 0.6) is 0 Å². The molecular formula is C116H83BN4. The smallest absolute Gasteiger partial charge is 0.252 e. The Bertz CT molecular complexity index is 6610. The van der Waals surface area contributed by atoms with E-state index in [2.05, 4.69) is 489 Å². The van der Waals surface area contributed by atoms with E-state index in [1.807, 2.05) is 0 Å². The van der Waals surface area contributed by atoms with Gasteiger partial charge in [0.1, 0.15) is 0 Å². The van der Waals surface area contributed by atoms with E-state index in [9.17, 15) is 0 Å². The first-order valence-corrected chi connectivity index (χ1v) is 42.1. The first kappa shape index (κ1) is 72.2. The fraction of sp³-hybridized carbons (Fsp3) is 0.0345. The van der Waals surface area contributed by atoms with Gasteiger partial charge in [0.25, 0.3) is 6.71 Å². The van der Waals surface area contributed by atoms with Crippen LogP contribution in [0.2, 0.25) is 0 Å². The first-order valence-electron chi connectivity index (χ1n) is 42.1. The Balaban J connectivity index is 0.945. The minimum absolute atomic E-state index is 0.107. The molecule has 22 rings (SSSR count). The summed E-state index contributed by atoms with van der Waals surface area (Å²) in [5.74, 6) is 0. The molecule has 4 heterocycles. The molecule has 2 aliphatic heterocycles. The predicted molar refractivity (Wildman–Crippen MR) is 513 cm³/mol. The lowest BCUT2D eigenvalue weighted by molar-refractivity contribution is 0.590. The van der Waals surface area contributed by atoms with Gasteiger partial charge < -0.3 is 18.9 Å². The topological polar surface area (TPSA) is 16.3 Å². The van der Waals surface area contributed by atoms with Crippen LogP contribution in [0.4, 0.5) is 34.1 Å². The van der Waals surface area contributed by atoms with Gasteiger partial charge in [-0.05, 0) is 166 Å². The summed E-state index contributed by atoms with van der Waals surface area (Å²) in [7, 11) is 0. The van der Waals surface area contributed by atoms with Crippen LogP contribution >= 0.6 is 0 Å². The Hall–Kier alpha value is -15.3. The second kappa shape index (κ2) is 30.0. The summed E-state index contributed by atoms with van der Waals surface area (Å²) in [6.45, 7) is 6.58. The van der Waals surface area contributed by atoms with Crippen LogP contribution in [0.3, 0.4) is 0 Å². The Morgan fingerprint density at radius 2 is 0.438 bits per heavy atom. The summed E-state index contributed by atoms with van der Waals surface area (Å²) >= 11 is 0. The van der Waals surface area contributed by atoms with Crippen molar-refractivity contribution in [1.29, 1.82) is 0 Å². The lowest BCUT2D eigenvalue weighted by atomic mass is 9.33. The van der Waals surface area contributed by atoms with Crippen LogP contribution in [0.1, 0.15) is 26.3 Å². The number of anilines is 6. The maximum Gasteiger partial charge on any atom is 0.252 e. The number of hydrogen-bond acceptors (Lipinski definition) is 2. The normalized spacial score (nSPS) is 12.2. The first-order chi connectivity index (χ1) is 59.7. The largest absolute Gasteiger partial charge is 0.310 e. The zero-order valence-corrected chi connectivity index (χ0v) is 67.6. The summed E-state index contributed by atoms with van der Waals surface area (Å²) in [6, 6.07) is 168. The third-order valence-electron chi connectivity index (χ3n) is 24.8. The molecule has 0 amide bonds. The fourth-order valence-electron chi connectivity index (χ4n) is 19.3. The number of hydrogen-bond donors (Lipinski definition) is 0. The highest BCUT2D eigenvalue weighted by Gasteiger charge is 2.46. The molecule has 0 fully saturated rings.